The van der Waals surface area contributed by atoms with E-state index in [1.807, 2.05) is 29.2 Å². The van der Waals surface area contributed by atoms with Gasteiger partial charge in [0.25, 0.3) is 5.91 Å². The number of anilines is 1. The van der Waals surface area contributed by atoms with Crippen LogP contribution >= 0.6 is 0 Å². The Kier molecular flexibility index (Phi) is 10.8. The van der Waals surface area contributed by atoms with Crippen molar-refractivity contribution in [3.05, 3.63) is 65.5 Å². The highest BCUT2D eigenvalue weighted by Crippen LogP contribution is 2.27. The van der Waals surface area contributed by atoms with Crippen molar-refractivity contribution in [3.63, 3.8) is 0 Å². The highest BCUT2D eigenvalue weighted by Gasteiger charge is 2.37. The average Bonchev–Trinajstić information content (AvgIpc) is 3.38. The van der Waals surface area contributed by atoms with E-state index >= 15 is 0 Å². The fourth-order valence-electron chi connectivity index (χ4n) is 6.50. The summed E-state index contributed by atoms with van der Waals surface area (Å²) in [6.45, 7) is 5.29. The summed E-state index contributed by atoms with van der Waals surface area (Å²) >= 11 is 0. The second-order valence-corrected chi connectivity index (χ2v) is 11.7. The van der Waals surface area contributed by atoms with Gasteiger partial charge in [-0.15, -0.1) is 0 Å². The summed E-state index contributed by atoms with van der Waals surface area (Å²) in [6, 6.07) is 14.4. The molecule has 43 heavy (non-hydrogen) atoms. The summed E-state index contributed by atoms with van der Waals surface area (Å²) in [5.41, 5.74) is 2.65. The first-order valence-corrected chi connectivity index (χ1v) is 15.4. The number of ether oxygens (including phenoxy) is 2. The number of fused-ring (bicyclic) bond motifs is 1. The summed E-state index contributed by atoms with van der Waals surface area (Å²) in [4.78, 5) is 48.2. The summed E-state index contributed by atoms with van der Waals surface area (Å²) < 4.78 is 24.1. The van der Waals surface area contributed by atoms with Crippen molar-refractivity contribution in [2.24, 2.45) is 5.92 Å². The molecule has 0 aliphatic carbocycles. The maximum Gasteiger partial charge on any atom is 0.252 e. The van der Waals surface area contributed by atoms with E-state index in [-0.39, 0.29) is 36.6 Å². The third-order valence-electron chi connectivity index (χ3n) is 8.86. The molecule has 0 bridgehead atoms. The van der Waals surface area contributed by atoms with Gasteiger partial charge < -0.3 is 24.2 Å². The Morgan fingerprint density at radius 2 is 1.77 bits per heavy atom. The van der Waals surface area contributed by atoms with E-state index in [9.17, 15) is 18.8 Å². The van der Waals surface area contributed by atoms with Gasteiger partial charge in [0.15, 0.2) is 0 Å². The van der Waals surface area contributed by atoms with Crippen LogP contribution in [0.4, 0.5) is 10.1 Å². The topological polar surface area (TPSA) is 82.6 Å². The van der Waals surface area contributed by atoms with Gasteiger partial charge >= 0.3 is 0 Å². The highest BCUT2D eigenvalue weighted by atomic mass is 19.1. The maximum absolute atomic E-state index is 14.1. The molecule has 3 amide bonds. The predicted octanol–water partition coefficient (Wildman–Crippen LogP) is 3.11. The minimum atomic E-state index is -0.430. The number of halogens is 1. The lowest BCUT2D eigenvalue weighted by atomic mass is 10.0. The van der Waals surface area contributed by atoms with Crippen molar-refractivity contribution in [3.8, 4) is 0 Å². The molecule has 2 aromatic carbocycles. The number of hydrogen-bond acceptors (Lipinski definition) is 6. The zero-order valence-corrected chi connectivity index (χ0v) is 25.1. The Bertz CT molecular complexity index is 1250. The van der Waals surface area contributed by atoms with Crippen LogP contribution < -0.4 is 4.90 Å². The fraction of sp³-hybridized carbons (Fsp3) is 0.545. The quantitative estimate of drug-likeness (QED) is 0.490. The van der Waals surface area contributed by atoms with Crippen LogP contribution in [-0.2, 0) is 36.8 Å². The first-order chi connectivity index (χ1) is 20.9. The molecular weight excluding hydrogens is 551 g/mol. The molecule has 10 heteroatoms. The van der Waals surface area contributed by atoms with E-state index in [1.165, 1.54) is 19.2 Å². The molecule has 0 aromatic heterocycles. The molecule has 3 aliphatic heterocycles. The van der Waals surface area contributed by atoms with Crippen molar-refractivity contribution in [2.75, 3.05) is 71.1 Å². The number of carbonyl (C=O) groups is 3. The monoisotopic (exact) mass is 594 g/mol. The number of methoxy groups -OCH3 is 1. The zero-order valence-electron chi connectivity index (χ0n) is 25.1. The molecule has 1 unspecified atom stereocenters. The van der Waals surface area contributed by atoms with Crippen LogP contribution in [0.5, 0.6) is 0 Å². The number of carbonyl (C=O) groups excluding carboxylic acids is 3. The van der Waals surface area contributed by atoms with Crippen LogP contribution in [0.25, 0.3) is 0 Å². The molecule has 9 nitrogen and oxygen atoms in total. The number of benzene rings is 2. The Morgan fingerprint density at radius 1 is 1.00 bits per heavy atom. The number of rotatable bonds is 7. The lowest BCUT2D eigenvalue weighted by molar-refractivity contribution is -0.136. The number of hydrogen-bond donors (Lipinski definition) is 0. The first kappa shape index (κ1) is 31.1. The normalized spacial score (nSPS) is 21.0. The minimum Gasteiger partial charge on any atom is -0.381 e. The highest BCUT2D eigenvalue weighted by molar-refractivity contribution is 5.95. The van der Waals surface area contributed by atoms with Gasteiger partial charge in [-0.05, 0) is 55.0 Å². The molecule has 3 heterocycles. The van der Waals surface area contributed by atoms with Crippen molar-refractivity contribution in [2.45, 2.75) is 44.7 Å². The Labute approximate surface area is 253 Å². The molecular formula is C33H43FN4O5. The molecule has 0 saturated carbocycles. The van der Waals surface area contributed by atoms with Gasteiger partial charge in [-0.1, -0.05) is 30.3 Å². The average molecular weight is 595 g/mol. The largest absolute Gasteiger partial charge is 0.381 e. The molecule has 0 radical (unpaired) electrons. The first-order valence-electron chi connectivity index (χ1n) is 15.4. The fourth-order valence-corrected chi connectivity index (χ4v) is 6.50. The molecule has 2 saturated heterocycles. The molecule has 0 spiro atoms. The SMILES string of the molecule is COCC(=O)N1CCCN(C2CCOCC2)CCN(C(=O)C2CC(=O)N(CCc3ccc(F)cc3)C2)Cc2ccccc21. The van der Waals surface area contributed by atoms with Crippen LogP contribution in [-0.4, -0.2) is 105 Å². The van der Waals surface area contributed by atoms with Gasteiger partial charge in [0.1, 0.15) is 12.4 Å². The molecule has 2 fully saturated rings. The number of nitrogens with zero attached hydrogens (tertiary/aromatic N) is 4. The summed E-state index contributed by atoms with van der Waals surface area (Å²) in [5, 5.41) is 0. The smallest absolute Gasteiger partial charge is 0.252 e. The summed E-state index contributed by atoms with van der Waals surface area (Å²) in [7, 11) is 1.52. The van der Waals surface area contributed by atoms with Crippen LogP contribution in [0.3, 0.4) is 0 Å². The molecule has 2 aromatic rings. The van der Waals surface area contributed by atoms with Gasteiger partial charge in [-0.3, -0.25) is 19.3 Å². The van der Waals surface area contributed by atoms with Gasteiger partial charge in [0.05, 0.1) is 5.92 Å². The van der Waals surface area contributed by atoms with Crippen molar-refractivity contribution in [1.29, 1.82) is 0 Å². The Balaban J connectivity index is 1.35. The maximum atomic E-state index is 14.1. The standard InChI is InChI=1S/C33H43FN4O5/c1-42-24-32(40)38-15-4-14-35(29-12-19-43-20-13-29)17-18-37(22-26-5-2-3-6-30(26)38)33(41)27-21-31(39)36(23-27)16-11-25-7-9-28(34)10-8-25/h2-3,5-10,27,29H,4,11-24H2,1H3. The van der Waals surface area contributed by atoms with E-state index in [0.29, 0.717) is 45.2 Å². The van der Waals surface area contributed by atoms with Crippen molar-refractivity contribution >= 4 is 23.4 Å². The summed E-state index contributed by atoms with van der Waals surface area (Å²) in [5.74, 6) is -0.888. The minimum absolute atomic E-state index is 0.0153. The van der Waals surface area contributed by atoms with Gasteiger partial charge in [0.2, 0.25) is 11.8 Å². The van der Waals surface area contributed by atoms with E-state index in [0.717, 1.165) is 62.4 Å². The van der Waals surface area contributed by atoms with Crippen LogP contribution in [0, 0.1) is 11.7 Å². The zero-order chi connectivity index (χ0) is 30.2. The predicted molar refractivity (Wildman–Crippen MR) is 161 cm³/mol. The third kappa shape index (κ3) is 7.99. The van der Waals surface area contributed by atoms with E-state index in [2.05, 4.69) is 4.90 Å². The summed E-state index contributed by atoms with van der Waals surface area (Å²) in [6.07, 6.45) is 3.48. The molecule has 5 rings (SSSR count). The number of likely N-dealkylation sites (tertiary alicyclic amines) is 1. The second kappa shape index (κ2) is 14.9. The van der Waals surface area contributed by atoms with Crippen molar-refractivity contribution in [1.82, 2.24) is 14.7 Å². The van der Waals surface area contributed by atoms with Crippen LogP contribution in [0.2, 0.25) is 0 Å². The molecule has 232 valence electrons. The number of para-hydroxylation sites is 1. The van der Waals surface area contributed by atoms with Crippen LogP contribution in [0.1, 0.15) is 36.8 Å². The number of amides is 3. The van der Waals surface area contributed by atoms with Gasteiger partial charge in [-0.25, -0.2) is 4.39 Å². The Morgan fingerprint density at radius 3 is 2.53 bits per heavy atom. The van der Waals surface area contributed by atoms with E-state index < -0.39 is 5.92 Å². The van der Waals surface area contributed by atoms with Crippen LogP contribution in [0.15, 0.2) is 48.5 Å². The lowest BCUT2D eigenvalue weighted by Gasteiger charge is -2.36. The van der Waals surface area contributed by atoms with E-state index in [4.69, 9.17) is 9.47 Å². The molecule has 1 atom stereocenters. The van der Waals surface area contributed by atoms with E-state index in [1.54, 1.807) is 21.9 Å². The lowest BCUT2D eigenvalue weighted by Crippen LogP contribution is -2.46. The Hall–Kier alpha value is -3.34. The third-order valence-corrected chi connectivity index (χ3v) is 8.86. The van der Waals surface area contributed by atoms with Gasteiger partial charge in [-0.2, -0.15) is 0 Å². The van der Waals surface area contributed by atoms with Gasteiger partial charge in [0, 0.05) is 84.3 Å². The molecule has 0 N–H and O–H groups in total. The van der Waals surface area contributed by atoms with Crippen molar-refractivity contribution < 1.29 is 28.2 Å². The molecule has 3 aliphatic rings. The second-order valence-electron chi connectivity index (χ2n) is 11.7.